The monoisotopic (exact) mass is 309 g/mol. The Balaban J connectivity index is -0.000000103. The van der Waals surface area contributed by atoms with Crippen LogP contribution in [0.5, 0.6) is 0 Å². The van der Waals surface area contributed by atoms with E-state index < -0.39 is 39.0 Å². The molecule has 0 N–H and O–H groups in total. The molecule has 0 rings (SSSR count). The molecule has 0 aromatic rings. The average molecular weight is 309 g/mol. The lowest BCUT2D eigenvalue weighted by molar-refractivity contribution is -0.115. The van der Waals surface area contributed by atoms with E-state index in [1.165, 1.54) is 41.5 Å². The van der Waals surface area contributed by atoms with Gasteiger partial charge in [-0.1, -0.05) is 0 Å². The highest BCUT2D eigenvalue weighted by Crippen LogP contribution is 1.52. The summed E-state index contributed by atoms with van der Waals surface area (Å²) in [5.74, 6) is -2.86. The molecule has 0 aliphatic carbocycles. The van der Waals surface area contributed by atoms with Gasteiger partial charge in [-0.15, -0.1) is 0 Å². The van der Waals surface area contributed by atoms with E-state index in [0.717, 1.165) is 0 Å². The first-order valence-corrected chi connectivity index (χ1v) is 5.02. The summed E-state index contributed by atoms with van der Waals surface area (Å²) in [5.41, 5.74) is 0. The fourth-order valence-electron chi connectivity index (χ4n) is 0. The van der Waals surface area contributed by atoms with Crippen LogP contribution in [-0.4, -0.2) is 28.9 Å². The van der Waals surface area contributed by atoms with Crippen LogP contribution in [0.25, 0.3) is 0 Å². The van der Waals surface area contributed by atoms with Crippen LogP contribution < -0.4 is 0 Å². The SMILES string of the molecule is C[13C](C)=O.[13CH3]C([13CH3])=O.[13CH3][13C]([13CH3])=O.[2H]C([2H])([2H])C(=O)C([2H])([2H])[2H].[2H]C([2H])([2H])[13C](=O)C([2H])([2H])[2H]. The summed E-state index contributed by atoms with van der Waals surface area (Å²) in [6.07, 6.45) is 0. The first-order valence-electron chi connectivity index (χ1n) is 11.0. The van der Waals surface area contributed by atoms with Gasteiger partial charge in [-0.2, -0.15) is 0 Å². The average Bonchev–Trinajstić information content (AvgIpc) is 2.40. The molecule has 0 amide bonds. The first kappa shape index (κ1) is 8.60. The highest BCUT2D eigenvalue weighted by Gasteiger charge is 1.63. The third-order valence-electron chi connectivity index (χ3n) is 0. The van der Waals surface area contributed by atoms with Gasteiger partial charge in [0.15, 0.2) is 0 Å². The van der Waals surface area contributed by atoms with Crippen molar-refractivity contribution in [2.75, 3.05) is 0 Å². The van der Waals surface area contributed by atoms with Crippen molar-refractivity contribution < 1.29 is 40.4 Å². The van der Waals surface area contributed by atoms with E-state index in [1.54, 1.807) is 0 Å². The quantitative estimate of drug-likeness (QED) is 0.642. The van der Waals surface area contributed by atoms with Crippen LogP contribution in [0.4, 0.5) is 0 Å². The highest BCUT2D eigenvalue weighted by atomic mass is 16.2. The van der Waals surface area contributed by atoms with Crippen molar-refractivity contribution in [1.82, 2.24) is 0 Å². The molecule has 0 spiro atoms. The largest absolute Gasteiger partial charge is 0.300 e. The van der Waals surface area contributed by atoms with Crippen LogP contribution in [0.3, 0.4) is 0 Å². The molecule has 120 valence electrons. The van der Waals surface area contributed by atoms with E-state index in [1.807, 2.05) is 0 Å². The maximum absolute atomic E-state index is 10.4. The van der Waals surface area contributed by atoms with Crippen LogP contribution in [0.2, 0.25) is 0 Å². The molecule has 0 aromatic heterocycles. The Bertz CT molecular complexity index is 502. The third kappa shape index (κ3) is 1420. The summed E-state index contributed by atoms with van der Waals surface area (Å²) in [4.78, 5) is 49.1. The summed E-state index contributed by atoms with van der Waals surface area (Å²) in [5, 5.41) is 0. The zero-order chi connectivity index (χ0) is 27.9. The lowest BCUT2D eigenvalue weighted by Crippen LogP contribution is -1.69. The Kier molecular flexibility index (Phi) is 11.2. The second-order valence-electron chi connectivity index (χ2n) is 3.38. The van der Waals surface area contributed by atoms with Gasteiger partial charge in [0.1, 0.15) is 28.9 Å². The van der Waals surface area contributed by atoms with E-state index in [-0.39, 0.29) is 17.3 Å². The summed E-state index contributed by atoms with van der Waals surface area (Å²) < 4.78 is 77.0. The minimum absolute atomic E-state index is 0.167. The van der Waals surface area contributed by atoms with Crippen molar-refractivity contribution in [2.24, 2.45) is 0 Å². The van der Waals surface area contributed by atoms with Crippen LogP contribution >= 0.6 is 0 Å². The second-order valence-corrected chi connectivity index (χ2v) is 3.38. The topological polar surface area (TPSA) is 85.3 Å². The first-order chi connectivity index (χ1) is 13.5. The molecule has 0 unspecified atom stereocenters. The van der Waals surface area contributed by atoms with Crippen molar-refractivity contribution in [3.63, 3.8) is 0 Å². The van der Waals surface area contributed by atoms with Gasteiger partial charge >= 0.3 is 0 Å². The summed E-state index contributed by atoms with van der Waals surface area (Å²) in [6.45, 7) is -2.87. The van der Waals surface area contributed by atoms with Crippen molar-refractivity contribution in [2.45, 2.75) is 68.9 Å². The van der Waals surface area contributed by atoms with Gasteiger partial charge in [-0.25, -0.2) is 0 Å². The number of ketones is 5. The predicted molar refractivity (Wildman–Crippen MR) is 81.8 cm³/mol. The lowest BCUT2D eigenvalue weighted by atomic mass is 10.6. The molecule has 20 heavy (non-hydrogen) atoms. The molecule has 0 bridgehead atoms. The predicted octanol–water partition coefficient (Wildman–Crippen LogP) is 2.98. The van der Waals surface area contributed by atoms with E-state index in [4.69, 9.17) is 16.4 Å². The fraction of sp³-hybridized carbons (Fsp3) is 0.667. The molecule has 5 heteroatoms. The zero-order valence-corrected chi connectivity index (χ0v) is 12.5. The second kappa shape index (κ2) is 26.0. The van der Waals surface area contributed by atoms with Crippen LogP contribution in [0, 0.1) is 0 Å². The number of carbonyl (C=O) groups excluding carboxylic acids is 5. The molecular formula is C15H30O5. The van der Waals surface area contributed by atoms with Gasteiger partial charge in [0.2, 0.25) is 0 Å². The molecule has 0 radical (unpaired) electrons. The Morgan fingerprint density at radius 3 is 0.550 bits per heavy atom. The molecule has 0 saturated carbocycles. The van der Waals surface area contributed by atoms with Crippen LogP contribution in [0.1, 0.15) is 85.4 Å². The van der Waals surface area contributed by atoms with Crippen LogP contribution in [0.15, 0.2) is 0 Å². The number of hydrogen-bond donors (Lipinski definition) is 0. The lowest BCUT2D eigenvalue weighted by Gasteiger charge is -1.56. The number of Topliss-reactive ketones (excluding diaryl/α,β-unsaturated/α-hetero) is 5. The number of carbonyl (C=O) groups is 5. The minimum Gasteiger partial charge on any atom is -0.300 e. The smallest absolute Gasteiger partial charge is 0.126 e. The molecule has 0 aromatic carbocycles. The Labute approximate surface area is 140 Å². The standard InChI is InChI=1S/5C3H6O/c5*1-3(2)4/h5*1-2H3/i1+1,2+1,3+1;1D3,2D3,3+1;1+1,2+1;1D3,2D3;3+1. The maximum Gasteiger partial charge on any atom is 0.126 e. The van der Waals surface area contributed by atoms with Gasteiger partial charge in [-0.3, -0.25) is 0 Å². The highest BCUT2D eigenvalue weighted by molar-refractivity contribution is 5.73. The Morgan fingerprint density at radius 2 is 0.550 bits per heavy atom. The van der Waals surface area contributed by atoms with Gasteiger partial charge < -0.3 is 24.0 Å². The molecule has 0 atom stereocenters. The molecule has 0 saturated heterocycles. The van der Waals surface area contributed by atoms with Crippen molar-refractivity contribution in [1.29, 1.82) is 0 Å². The fourth-order valence-corrected chi connectivity index (χ4v) is 0. The van der Waals surface area contributed by atoms with Gasteiger partial charge in [0, 0.05) is 16.4 Å². The third-order valence-corrected chi connectivity index (χ3v) is 0. The van der Waals surface area contributed by atoms with Crippen molar-refractivity contribution >= 4 is 28.9 Å². The number of rotatable bonds is 0. The van der Waals surface area contributed by atoms with E-state index in [2.05, 4.69) is 0 Å². The van der Waals surface area contributed by atoms with E-state index in [9.17, 15) is 24.0 Å². The summed E-state index contributed by atoms with van der Waals surface area (Å²) >= 11 is 0. The van der Waals surface area contributed by atoms with Crippen LogP contribution in [-0.2, 0) is 24.0 Å². The molecule has 5 nitrogen and oxygen atoms in total. The van der Waals surface area contributed by atoms with E-state index in [0.29, 0.717) is 0 Å². The molecule has 0 aliphatic heterocycles. The zero-order valence-electron chi connectivity index (χ0n) is 24.5. The minimum atomic E-state index is -3.01. The molecule has 0 fully saturated rings. The van der Waals surface area contributed by atoms with Gasteiger partial charge in [-0.05, 0) is 68.9 Å². The van der Waals surface area contributed by atoms with E-state index >= 15 is 0 Å². The van der Waals surface area contributed by atoms with Crippen molar-refractivity contribution in [3.05, 3.63) is 0 Å². The van der Waals surface area contributed by atoms with Crippen molar-refractivity contribution in [3.8, 4) is 0 Å². The normalized spacial score (nSPS) is 17.9. The Hall–Kier alpha value is -1.65. The summed E-state index contributed by atoms with van der Waals surface area (Å²) in [6, 6.07) is 0. The molecule has 0 aliphatic rings. The number of hydrogen-bond acceptors (Lipinski definition) is 5. The molecule has 0 heterocycles. The maximum atomic E-state index is 10.4. The van der Waals surface area contributed by atoms with Gasteiger partial charge in [0.25, 0.3) is 0 Å². The van der Waals surface area contributed by atoms with Gasteiger partial charge in [0.05, 0.1) is 0 Å². The Morgan fingerprint density at radius 1 is 0.450 bits per heavy atom. The summed E-state index contributed by atoms with van der Waals surface area (Å²) in [7, 11) is 0. The molecular weight excluding hydrogens is 267 g/mol.